The summed E-state index contributed by atoms with van der Waals surface area (Å²) in [5.41, 5.74) is 2.29. The van der Waals surface area contributed by atoms with E-state index in [1.165, 1.54) is 5.56 Å². The first kappa shape index (κ1) is 11.4. The number of aliphatic carboxylic acids is 1. The van der Waals surface area contributed by atoms with Crippen LogP contribution in [0.25, 0.3) is 0 Å². The zero-order valence-electron chi connectivity index (χ0n) is 10.0. The first-order chi connectivity index (χ1) is 8.75. The van der Waals surface area contributed by atoms with E-state index < -0.39 is 12.1 Å². The van der Waals surface area contributed by atoms with Gasteiger partial charge in [0, 0.05) is 17.8 Å². The Morgan fingerprint density at radius 3 is 3.17 bits per heavy atom. The van der Waals surface area contributed by atoms with Crippen molar-refractivity contribution in [2.75, 3.05) is 24.6 Å². The van der Waals surface area contributed by atoms with Gasteiger partial charge in [0.2, 0.25) is 0 Å². The topological polar surface area (TPSA) is 75.5 Å². The zero-order valence-corrected chi connectivity index (χ0v) is 10.0. The van der Waals surface area contributed by atoms with Crippen molar-refractivity contribution in [2.45, 2.75) is 25.4 Å². The normalized spacial score (nSPS) is 22.9. The minimum atomic E-state index is -0.912. The number of ether oxygens (including phenoxy) is 1. The molecule has 0 aromatic carbocycles. The van der Waals surface area contributed by atoms with Crippen LogP contribution in [0.4, 0.5) is 5.82 Å². The number of anilines is 1. The molecule has 0 amide bonds. The number of carboxylic acids is 1. The van der Waals surface area contributed by atoms with Gasteiger partial charge in [-0.1, -0.05) is 0 Å². The molecule has 0 unspecified atom stereocenters. The molecule has 1 aromatic heterocycles. The lowest BCUT2D eigenvalue weighted by atomic mass is 10.2. The van der Waals surface area contributed by atoms with Gasteiger partial charge >= 0.3 is 5.97 Å². The zero-order chi connectivity index (χ0) is 12.5. The Morgan fingerprint density at radius 2 is 2.33 bits per heavy atom. The number of aryl methyl sites for hydroxylation is 1. The molecule has 0 spiro atoms. The second-order valence-corrected chi connectivity index (χ2v) is 4.62. The third-order valence-electron chi connectivity index (χ3n) is 3.49. The van der Waals surface area contributed by atoms with E-state index in [1.807, 2.05) is 4.90 Å². The van der Waals surface area contributed by atoms with E-state index in [0.717, 1.165) is 30.8 Å². The fraction of sp³-hybridized carbons (Fsp3) is 0.583. The highest BCUT2D eigenvalue weighted by Gasteiger charge is 2.29. The summed E-state index contributed by atoms with van der Waals surface area (Å²) >= 11 is 0. The second kappa shape index (κ2) is 4.53. The molecule has 0 bridgehead atoms. The number of aromatic nitrogens is 2. The van der Waals surface area contributed by atoms with Crippen LogP contribution in [0.2, 0.25) is 0 Å². The van der Waals surface area contributed by atoms with Crippen LogP contribution in [0.1, 0.15) is 17.7 Å². The molecule has 96 valence electrons. The summed E-state index contributed by atoms with van der Waals surface area (Å²) in [6, 6.07) is 0. The maximum Gasteiger partial charge on any atom is 0.334 e. The summed E-state index contributed by atoms with van der Waals surface area (Å²) in [6.45, 7) is 1.47. The van der Waals surface area contributed by atoms with Crippen LogP contribution in [0.5, 0.6) is 0 Å². The molecule has 2 aliphatic rings. The Balaban J connectivity index is 1.86. The molecule has 3 rings (SSSR count). The maximum atomic E-state index is 11.0. The van der Waals surface area contributed by atoms with E-state index in [2.05, 4.69) is 9.97 Å². The monoisotopic (exact) mass is 249 g/mol. The van der Waals surface area contributed by atoms with Gasteiger partial charge in [-0.2, -0.15) is 0 Å². The number of carboxylic acid groups (broad SMARTS) is 1. The van der Waals surface area contributed by atoms with Crippen LogP contribution in [0, 0.1) is 0 Å². The molecule has 6 nitrogen and oxygen atoms in total. The SMILES string of the molecule is O=C(O)[C@H]1CN(c2ncnc3c2CCC3)CCO1. The molecule has 1 aliphatic heterocycles. The third-order valence-corrected chi connectivity index (χ3v) is 3.49. The number of fused-ring (bicyclic) bond motifs is 1. The molecular weight excluding hydrogens is 234 g/mol. The van der Waals surface area contributed by atoms with Crippen molar-refractivity contribution in [3.05, 3.63) is 17.6 Å². The smallest absolute Gasteiger partial charge is 0.334 e. The van der Waals surface area contributed by atoms with Crippen molar-refractivity contribution in [1.82, 2.24) is 9.97 Å². The molecule has 18 heavy (non-hydrogen) atoms. The molecule has 1 aliphatic carbocycles. The average Bonchev–Trinajstić information content (AvgIpc) is 2.87. The molecule has 2 heterocycles. The van der Waals surface area contributed by atoms with Gasteiger partial charge in [0.25, 0.3) is 0 Å². The molecule has 0 saturated carbocycles. The highest BCUT2D eigenvalue weighted by atomic mass is 16.5. The molecule has 1 saturated heterocycles. The minimum absolute atomic E-state index is 0.360. The number of carbonyl (C=O) groups is 1. The molecule has 1 atom stereocenters. The van der Waals surface area contributed by atoms with Gasteiger partial charge in [-0.25, -0.2) is 14.8 Å². The summed E-state index contributed by atoms with van der Waals surface area (Å²) < 4.78 is 5.23. The van der Waals surface area contributed by atoms with Crippen molar-refractivity contribution in [1.29, 1.82) is 0 Å². The van der Waals surface area contributed by atoms with Crippen LogP contribution < -0.4 is 4.90 Å². The average molecular weight is 249 g/mol. The maximum absolute atomic E-state index is 11.0. The Bertz CT molecular complexity index is 478. The Kier molecular flexibility index (Phi) is 2.87. The fourth-order valence-corrected chi connectivity index (χ4v) is 2.61. The molecule has 1 N–H and O–H groups in total. The quantitative estimate of drug-likeness (QED) is 0.810. The van der Waals surface area contributed by atoms with Gasteiger partial charge < -0.3 is 14.7 Å². The van der Waals surface area contributed by atoms with Crippen LogP contribution >= 0.6 is 0 Å². The van der Waals surface area contributed by atoms with E-state index in [-0.39, 0.29) is 0 Å². The standard InChI is InChI=1S/C12H15N3O3/c16-12(17)10-6-15(4-5-18-10)11-8-2-1-3-9(8)13-7-14-11/h7,10H,1-6H2,(H,16,17)/t10-/m1/s1. The Morgan fingerprint density at radius 1 is 1.44 bits per heavy atom. The van der Waals surface area contributed by atoms with Crippen molar-refractivity contribution in [3.63, 3.8) is 0 Å². The van der Waals surface area contributed by atoms with Crippen molar-refractivity contribution >= 4 is 11.8 Å². The van der Waals surface area contributed by atoms with Crippen molar-refractivity contribution in [2.24, 2.45) is 0 Å². The van der Waals surface area contributed by atoms with Gasteiger partial charge in [0.05, 0.1) is 13.2 Å². The molecule has 0 radical (unpaired) electrons. The van der Waals surface area contributed by atoms with Gasteiger partial charge in [-0.15, -0.1) is 0 Å². The van der Waals surface area contributed by atoms with Gasteiger partial charge in [0.1, 0.15) is 12.1 Å². The van der Waals surface area contributed by atoms with Gasteiger partial charge in [-0.3, -0.25) is 0 Å². The van der Waals surface area contributed by atoms with Crippen molar-refractivity contribution < 1.29 is 14.6 Å². The van der Waals surface area contributed by atoms with Crippen molar-refractivity contribution in [3.8, 4) is 0 Å². The number of hydrogen-bond donors (Lipinski definition) is 1. The van der Waals surface area contributed by atoms with Crippen LogP contribution in [-0.2, 0) is 22.4 Å². The number of rotatable bonds is 2. The highest BCUT2D eigenvalue weighted by Crippen LogP contribution is 2.28. The van der Waals surface area contributed by atoms with Crippen LogP contribution in [-0.4, -0.2) is 46.8 Å². The summed E-state index contributed by atoms with van der Waals surface area (Å²) in [6.07, 6.45) is 3.90. The van der Waals surface area contributed by atoms with E-state index in [1.54, 1.807) is 6.33 Å². The minimum Gasteiger partial charge on any atom is -0.479 e. The number of morpholine rings is 1. The first-order valence-corrected chi connectivity index (χ1v) is 6.18. The number of nitrogens with zero attached hydrogens (tertiary/aromatic N) is 3. The lowest BCUT2D eigenvalue weighted by Gasteiger charge is -2.32. The molecular formula is C12H15N3O3. The largest absolute Gasteiger partial charge is 0.479 e. The summed E-state index contributed by atoms with van der Waals surface area (Å²) in [5, 5.41) is 9.01. The lowest BCUT2D eigenvalue weighted by Crippen LogP contribution is -2.46. The van der Waals surface area contributed by atoms with E-state index in [4.69, 9.17) is 9.84 Å². The highest BCUT2D eigenvalue weighted by molar-refractivity contribution is 5.73. The summed E-state index contributed by atoms with van der Waals surface area (Å²) in [4.78, 5) is 21.6. The summed E-state index contributed by atoms with van der Waals surface area (Å²) in [7, 11) is 0. The van der Waals surface area contributed by atoms with E-state index in [9.17, 15) is 4.79 Å². The molecule has 6 heteroatoms. The number of hydrogen-bond acceptors (Lipinski definition) is 5. The first-order valence-electron chi connectivity index (χ1n) is 6.18. The van der Waals surface area contributed by atoms with Crippen LogP contribution in [0.3, 0.4) is 0 Å². The molecule has 1 aromatic rings. The lowest BCUT2D eigenvalue weighted by molar-refractivity contribution is -0.150. The summed E-state index contributed by atoms with van der Waals surface area (Å²) in [5.74, 6) is -0.0162. The third kappa shape index (κ3) is 1.92. The fourth-order valence-electron chi connectivity index (χ4n) is 2.61. The van der Waals surface area contributed by atoms with Gasteiger partial charge in [0.15, 0.2) is 6.10 Å². The molecule has 1 fully saturated rings. The van der Waals surface area contributed by atoms with E-state index in [0.29, 0.717) is 19.7 Å². The van der Waals surface area contributed by atoms with Gasteiger partial charge in [-0.05, 0) is 19.3 Å². The predicted molar refractivity (Wildman–Crippen MR) is 63.6 cm³/mol. The van der Waals surface area contributed by atoms with Crippen LogP contribution in [0.15, 0.2) is 6.33 Å². The predicted octanol–water partition coefficient (Wildman–Crippen LogP) is 0.255. The Labute approximate surface area is 105 Å². The second-order valence-electron chi connectivity index (χ2n) is 4.62. The Hall–Kier alpha value is -1.69. The van der Waals surface area contributed by atoms with E-state index >= 15 is 0 Å².